The van der Waals surface area contributed by atoms with Crippen molar-refractivity contribution in [2.75, 3.05) is 0 Å². The summed E-state index contributed by atoms with van der Waals surface area (Å²) in [6.45, 7) is 0. The maximum atomic E-state index is 6.44. The molecule has 0 fully saturated rings. The van der Waals surface area contributed by atoms with Gasteiger partial charge in [0, 0.05) is 26.6 Å². The highest BCUT2D eigenvalue weighted by molar-refractivity contribution is 6.42. The van der Waals surface area contributed by atoms with E-state index < -0.39 is 0 Å². The zero-order valence-electron chi connectivity index (χ0n) is 15.9. The Kier molecular flexibility index (Phi) is 3.12. The SMILES string of the molecule is Clc1ccc2c(c1)c1oc3ccccc3c1c1c3ccccc3c3ccccc3c21. The molecule has 0 aliphatic rings. The third kappa shape index (κ3) is 1.98. The van der Waals surface area contributed by atoms with Crippen LogP contribution in [0.4, 0.5) is 0 Å². The van der Waals surface area contributed by atoms with Gasteiger partial charge in [-0.15, -0.1) is 0 Å². The molecular weight excluding hydrogens is 388 g/mol. The highest BCUT2D eigenvalue weighted by atomic mass is 35.5. The van der Waals surface area contributed by atoms with Gasteiger partial charge in [0.25, 0.3) is 0 Å². The molecule has 0 aliphatic carbocycles. The minimum atomic E-state index is 0.716. The van der Waals surface area contributed by atoms with Gasteiger partial charge in [-0.1, -0.05) is 84.4 Å². The van der Waals surface area contributed by atoms with E-state index in [1.165, 1.54) is 37.7 Å². The van der Waals surface area contributed by atoms with E-state index in [1.807, 2.05) is 24.3 Å². The molecule has 0 unspecified atom stereocenters. The highest BCUT2D eigenvalue weighted by Gasteiger charge is 2.20. The molecule has 7 rings (SSSR count). The number of hydrogen-bond donors (Lipinski definition) is 0. The molecule has 140 valence electrons. The fraction of sp³-hybridized carbons (Fsp3) is 0. The Hall–Kier alpha value is -3.55. The monoisotopic (exact) mass is 402 g/mol. The van der Waals surface area contributed by atoms with Crippen molar-refractivity contribution in [1.29, 1.82) is 0 Å². The number of furan rings is 1. The second-order valence-electron chi connectivity index (χ2n) is 7.83. The number of rotatable bonds is 0. The lowest BCUT2D eigenvalue weighted by Crippen LogP contribution is -1.87. The third-order valence-corrected chi connectivity index (χ3v) is 6.51. The van der Waals surface area contributed by atoms with Gasteiger partial charge in [-0.3, -0.25) is 0 Å². The number of halogens is 1. The van der Waals surface area contributed by atoms with Crippen LogP contribution in [0.2, 0.25) is 5.02 Å². The summed E-state index contributed by atoms with van der Waals surface area (Å²) < 4.78 is 6.43. The van der Waals surface area contributed by atoms with E-state index in [0.717, 1.165) is 27.3 Å². The molecule has 0 atom stereocenters. The lowest BCUT2D eigenvalue weighted by atomic mass is 9.88. The average Bonchev–Trinajstić information content (AvgIpc) is 3.18. The van der Waals surface area contributed by atoms with Gasteiger partial charge >= 0.3 is 0 Å². The normalized spacial score (nSPS) is 12.2. The molecule has 0 amide bonds. The lowest BCUT2D eigenvalue weighted by molar-refractivity contribution is 0.673. The van der Waals surface area contributed by atoms with Gasteiger partial charge in [0.1, 0.15) is 11.2 Å². The van der Waals surface area contributed by atoms with Crippen LogP contribution in [-0.4, -0.2) is 0 Å². The maximum absolute atomic E-state index is 6.44. The Morgan fingerprint density at radius 2 is 1.03 bits per heavy atom. The van der Waals surface area contributed by atoms with Gasteiger partial charge in [0.2, 0.25) is 0 Å². The number of benzene rings is 6. The van der Waals surface area contributed by atoms with Crippen molar-refractivity contribution in [3.63, 3.8) is 0 Å². The summed E-state index contributed by atoms with van der Waals surface area (Å²) >= 11 is 6.44. The third-order valence-electron chi connectivity index (χ3n) is 6.27. The first-order valence-electron chi connectivity index (χ1n) is 10.1. The van der Waals surface area contributed by atoms with E-state index in [4.69, 9.17) is 16.0 Å². The summed E-state index contributed by atoms with van der Waals surface area (Å²) in [6, 6.07) is 31.8. The van der Waals surface area contributed by atoms with Crippen LogP contribution in [0.25, 0.3) is 65.0 Å². The molecule has 0 spiro atoms. The van der Waals surface area contributed by atoms with Crippen molar-refractivity contribution in [1.82, 2.24) is 0 Å². The quantitative estimate of drug-likeness (QED) is 0.231. The van der Waals surface area contributed by atoms with Gasteiger partial charge in [-0.25, -0.2) is 0 Å². The van der Waals surface area contributed by atoms with Gasteiger partial charge in [-0.2, -0.15) is 0 Å². The number of para-hydroxylation sites is 1. The van der Waals surface area contributed by atoms with E-state index in [9.17, 15) is 0 Å². The topological polar surface area (TPSA) is 13.1 Å². The van der Waals surface area contributed by atoms with Gasteiger partial charge < -0.3 is 4.42 Å². The molecule has 6 aromatic carbocycles. The van der Waals surface area contributed by atoms with Crippen LogP contribution in [0.15, 0.2) is 95.4 Å². The Morgan fingerprint density at radius 3 is 1.77 bits per heavy atom. The number of hydrogen-bond acceptors (Lipinski definition) is 1. The summed E-state index contributed by atoms with van der Waals surface area (Å²) in [5.74, 6) is 0. The molecule has 0 N–H and O–H groups in total. The second-order valence-corrected chi connectivity index (χ2v) is 8.27. The largest absolute Gasteiger partial charge is 0.455 e. The molecule has 0 saturated carbocycles. The van der Waals surface area contributed by atoms with Crippen molar-refractivity contribution in [3.8, 4) is 0 Å². The van der Waals surface area contributed by atoms with Crippen molar-refractivity contribution >= 4 is 76.6 Å². The lowest BCUT2D eigenvalue weighted by Gasteiger charge is -2.14. The van der Waals surface area contributed by atoms with E-state index >= 15 is 0 Å². The van der Waals surface area contributed by atoms with Crippen molar-refractivity contribution in [3.05, 3.63) is 96.0 Å². The average molecular weight is 403 g/mol. The highest BCUT2D eigenvalue weighted by Crippen LogP contribution is 2.47. The minimum Gasteiger partial charge on any atom is -0.455 e. The van der Waals surface area contributed by atoms with Crippen LogP contribution in [0.3, 0.4) is 0 Å². The Labute approximate surface area is 177 Å². The van der Waals surface area contributed by atoms with Crippen LogP contribution in [0, 0.1) is 0 Å². The molecule has 1 heterocycles. The van der Waals surface area contributed by atoms with E-state index in [0.29, 0.717) is 5.02 Å². The predicted octanol–water partition coefficient (Wildman–Crippen LogP) is 8.85. The summed E-state index contributed by atoms with van der Waals surface area (Å²) in [4.78, 5) is 0. The second kappa shape index (κ2) is 5.75. The molecule has 0 aliphatic heterocycles. The zero-order valence-corrected chi connectivity index (χ0v) is 16.7. The first-order valence-corrected chi connectivity index (χ1v) is 10.4. The maximum Gasteiger partial charge on any atom is 0.143 e. The molecule has 30 heavy (non-hydrogen) atoms. The molecule has 1 nitrogen and oxygen atoms in total. The molecule has 2 heteroatoms. The fourth-order valence-corrected chi connectivity index (χ4v) is 5.26. The Bertz CT molecular complexity index is 1810. The van der Waals surface area contributed by atoms with Crippen LogP contribution in [-0.2, 0) is 0 Å². The van der Waals surface area contributed by atoms with E-state index in [-0.39, 0.29) is 0 Å². The predicted molar refractivity (Wildman–Crippen MR) is 129 cm³/mol. The smallest absolute Gasteiger partial charge is 0.143 e. The summed E-state index contributed by atoms with van der Waals surface area (Å²) in [7, 11) is 0. The minimum absolute atomic E-state index is 0.716. The van der Waals surface area contributed by atoms with Gasteiger partial charge in [0.05, 0.1) is 0 Å². The van der Waals surface area contributed by atoms with E-state index in [2.05, 4.69) is 66.7 Å². The molecule has 7 aromatic rings. The van der Waals surface area contributed by atoms with Crippen molar-refractivity contribution in [2.45, 2.75) is 0 Å². The first-order chi connectivity index (χ1) is 14.8. The first kappa shape index (κ1) is 16.3. The molecular formula is C28H15ClO. The Balaban J connectivity index is 1.99. The van der Waals surface area contributed by atoms with E-state index in [1.54, 1.807) is 0 Å². The van der Waals surface area contributed by atoms with Crippen molar-refractivity contribution in [2.24, 2.45) is 0 Å². The van der Waals surface area contributed by atoms with Crippen LogP contribution in [0.1, 0.15) is 0 Å². The standard InChI is InChI=1S/C28H15ClO/c29-16-13-14-21-23(15-16)28-27(22-11-5-6-12-24(22)30-28)26-20-10-4-2-8-18(20)17-7-1-3-9-19(17)25(21)26/h1-15H. The van der Waals surface area contributed by atoms with Crippen LogP contribution < -0.4 is 0 Å². The van der Waals surface area contributed by atoms with Crippen molar-refractivity contribution < 1.29 is 4.42 Å². The molecule has 1 aromatic heterocycles. The molecule has 0 saturated heterocycles. The fourth-order valence-electron chi connectivity index (χ4n) is 5.09. The van der Waals surface area contributed by atoms with Gasteiger partial charge in [0.15, 0.2) is 0 Å². The molecule has 0 bridgehead atoms. The molecule has 0 radical (unpaired) electrons. The summed E-state index contributed by atoms with van der Waals surface area (Å²) in [5, 5.41) is 12.8. The van der Waals surface area contributed by atoms with Gasteiger partial charge in [-0.05, 0) is 50.5 Å². The Morgan fingerprint density at radius 1 is 0.467 bits per heavy atom. The van der Waals surface area contributed by atoms with Crippen LogP contribution in [0.5, 0.6) is 0 Å². The summed E-state index contributed by atoms with van der Waals surface area (Å²) in [6.07, 6.45) is 0. The number of fused-ring (bicyclic) bond motifs is 13. The summed E-state index contributed by atoms with van der Waals surface area (Å²) in [5.41, 5.74) is 1.81. The van der Waals surface area contributed by atoms with Crippen LogP contribution >= 0.6 is 11.6 Å². The zero-order chi connectivity index (χ0) is 19.8.